The summed E-state index contributed by atoms with van der Waals surface area (Å²) in [6.45, 7) is 0. The molecule has 20 rings (SSSR count). The molecule has 110 heavy (non-hydrogen) atoms. The van der Waals surface area contributed by atoms with Crippen molar-refractivity contribution in [3.8, 4) is 100 Å². The second-order valence-corrected chi connectivity index (χ2v) is 28.6. The maximum absolute atomic E-state index is 2.49. The predicted octanol–water partition coefficient (Wildman–Crippen LogP) is 30.5. The Balaban J connectivity index is 0.677. The lowest BCUT2D eigenvalue weighted by atomic mass is 9.91. The Bertz CT molecular complexity index is 6860. The molecule has 0 amide bonds. The number of hydrogen-bond acceptors (Lipinski definition) is 2. The minimum absolute atomic E-state index is 1.06. The molecule has 2 heteroatoms. The van der Waals surface area contributed by atoms with E-state index < -0.39 is 0 Å². The van der Waals surface area contributed by atoms with Crippen LogP contribution in [0.25, 0.3) is 165 Å². The number of benzene rings is 20. The van der Waals surface area contributed by atoms with Gasteiger partial charge >= 0.3 is 0 Å². The zero-order valence-electron chi connectivity index (χ0n) is 60.5. The van der Waals surface area contributed by atoms with Crippen LogP contribution in [0.15, 0.2) is 437 Å². The van der Waals surface area contributed by atoms with Crippen LogP contribution in [0.1, 0.15) is 0 Å². The Labute approximate surface area is 641 Å². The Kier molecular flexibility index (Phi) is 16.6. The Morgan fingerprint density at radius 1 is 0.118 bits per heavy atom. The van der Waals surface area contributed by atoms with Crippen LogP contribution in [0, 0.1) is 0 Å². The first-order valence-electron chi connectivity index (χ1n) is 37.9. The standard InChI is InChI=1S/C108H72N2/c1-4-26-73(27-5-1)83-59-66-93(77-28-6-2-7-29-77)108(72-83)110(88-63-56-80(57-64-88)103-71-86-34-12-15-39-91(86)95-41-17-19-43-99(95)103)106-49-23-21-45-101(106)97-47-25-36-84-68-81(58-65-92(84)97)74-50-52-75(53-51-74)82-60-67-107(104(69-82)78-30-8-3-9-31-78)109(105-48-22-20-44-100(105)96-46-24-35-76-32-10-13-37-89(76)96)87-61-54-79(55-62-87)102-70-85-33-11-14-38-90(85)94-40-16-18-42-98(94)102/h1-72H. The Morgan fingerprint density at radius 2 is 0.436 bits per heavy atom. The molecule has 0 fully saturated rings. The Hall–Kier alpha value is -14.4. The molecule has 20 aromatic rings. The molecule has 0 aliphatic heterocycles. The predicted molar refractivity (Wildman–Crippen MR) is 470 cm³/mol. The number of nitrogens with zero attached hydrogens (tertiary/aromatic N) is 2. The summed E-state index contributed by atoms with van der Waals surface area (Å²) in [5.41, 5.74) is 27.2. The van der Waals surface area contributed by atoms with Gasteiger partial charge in [0.05, 0.1) is 22.7 Å². The van der Waals surface area contributed by atoms with Crippen molar-refractivity contribution in [2.45, 2.75) is 0 Å². The van der Waals surface area contributed by atoms with Gasteiger partial charge in [0.15, 0.2) is 0 Å². The summed E-state index contributed by atoms with van der Waals surface area (Å²) in [4.78, 5) is 4.97. The Morgan fingerprint density at radius 3 is 0.982 bits per heavy atom. The molecule has 0 aliphatic carbocycles. The van der Waals surface area contributed by atoms with Crippen LogP contribution in [-0.4, -0.2) is 0 Å². The molecule has 0 radical (unpaired) electrons. The topological polar surface area (TPSA) is 6.48 Å². The summed E-state index contributed by atoms with van der Waals surface area (Å²) in [5.74, 6) is 0. The molecule has 0 aliphatic rings. The first kappa shape index (κ1) is 65.1. The zero-order chi connectivity index (χ0) is 72.9. The lowest BCUT2D eigenvalue weighted by Gasteiger charge is -2.31. The smallest absolute Gasteiger partial charge is 0.0546 e. The van der Waals surface area contributed by atoms with E-state index in [1.165, 1.54) is 92.5 Å². The van der Waals surface area contributed by atoms with Gasteiger partial charge in [-0.25, -0.2) is 0 Å². The van der Waals surface area contributed by atoms with Gasteiger partial charge in [0.25, 0.3) is 0 Å². The van der Waals surface area contributed by atoms with Gasteiger partial charge < -0.3 is 9.80 Å². The molecule has 0 bridgehead atoms. The lowest BCUT2D eigenvalue weighted by Crippen LogP contribution is -2.13. The number of fused-ring (bicyclic) bond motifs is 8. The maximum Gasteiger partial charge on any atom is 0.0546 e. The highest BCUT2D eigenvalue weighted by molar-refractivity contribution is 6.16. The molecule has 0 atom stereocenters. The fourth-order valence-electron chi connectivity index (χ4n) is 16.9. The molecule has 0 saturated heterocycles. The summed E-state index contributed by atoms with van der Waals surface area (Å²) < 4.78 is 0. The number of rotatable bonds is 15. The van der Waals surface area contributed by atoms with Gasteiger partial charge in [-0.3, -0.25) is 0 Å². The van der Waals surface area contributed by atoms with E-state index in [4.69, 9.17) is 0 Å². The molecular formula is C108H72N2. The summed E-state index contributed by atoms with van der Waals surface area (Å²) in [5, 5.41) is 14.7. The maximum atomic E-state index is 2.49. The van der Waals surface area contributed by atoms with Crippen molar-refractivity contribution in [2.75, 3.05) is 9.80 Å². The van der Waals surface area contributed by atoms with Crippen molar-refractivity contribution in [1.82, 2.24) is 0 Å². The van der Waals surface area contributed by atoms with E-state index in [0.717, 1.165) is 106 Å². The average molecular weight is 1400 g/mol. The molecule has 0 saturated carbocycles. The van der Waals surface area contributed by atoms with Crippen molar-refractivity contribution in [3.63, 3.8) is 0 Å². The van der Waals surface area contributed by atoms with Crippen molar-refractivity contribution >= 4 is 98.8 Å². The highest BCUT2D eigenvalue weighted by Gasteiger charge is 2.26. The quantitative estimate of drug-likeness (QED) is 0.0944. The first-order valence-corrected chi connectivity index (χ1v) is 37.9. The molecule has 0 aromatic heterocycles. The molecule has 20 aromatic carbocycles. The van der Waals surface area contributed by atoms with E-state index in [9.17, 15) is 0 Å². The summed E-state index contributed by atoms with van der Waals surface area (Å²) in [6.07, 6.45) is 0. The summed E-state index contributed by atoms with van der Waals surface area (Å²) in [7, 11) is 0. The summed E-state index contributed by atoms with van der Waals surface area (Å²) in [6, 6.07) is 161. The van der Waals surface area contributed by atoms with Crippen LogP contribution in [-0.2, 0) is 0 Å². The second-order valence-electron chi connectivity index (χ2n) is 28.6. The third-order valence-corrected chi connectivity index (χ3v) is 22.3. The SMILES string of the molecule is c1ccc(-c2ccc(-c3ccccc3)c(N(c3ccc(-c4cc5ccccc5c5ccccc45)cc3)c3ccccc3-c3cccc4cc(-c5ccc(-c6ccc(N(c7ccc(-c8cc9ccccc9c9ccccc89)cc7)c7ccccc7-c7cccc8ccccc78)c(-c7ccccc7)c6)cc5)ccc34)c2)cc1. The van der Waals surface area contributed by atoms with E-state index in [0.29, 0.717) is 0 Å². The number of para-hydroxylation sites is 2. The van der Waals surface area contributed by atoms with Crippen molar-refractivity contribution < 1.29 is 0 Å². The highest BCUT2D eigenvalue weighted by atomic mass is 15.2. The van der Waals surface area contributed by atoms with Crippen molar-refractivity contribution in [1.29, 1.82) is 0 Å². The lowest BCUT2D eigenvalue weighted by molar-refractivity contribution is 1.28. The van der Waals surface area contributed by atoms with E-state index in [1.807, 2.05) is 0 Å². The minimum Gasteiger partial charge on any atom is -0.309 e. The van der Waals surface area contributed by atoms with E-state index >= 15 is 0 Å². The van der Waals surface area contributed by atoms with Gasteiger partial charge in [0, 0.05) is 33.6 Å². The van der Waals surface area contributed by atoms with Crippen LogP contribution >= 0.6 is 0 Å². The van der Waals surface area contributed by atoms with Gasteiger partial charge in [0.1, 0.15) is 0 Å². The fraction of sp³-hybridized carbons (Fsp3) is 0. The minimum atomic E-state index is 1.06. The van der Waals surface area contributed by atoms with Gasteiger partial charge in [-0.1, -0.05) is 364 Å². The monoisotopic (exact) mass is 1400 g/mol. The van der Waals surface area contributed by atoms with Crippen LogP contribution in [0.3, 0.4) is 0 Å². The van der Waals surface area contributed by atoms with Gasteiger partial charge in [-0.15, -0.1) is 0 Å². The summed E-state index contributed by atoms with van der Waals surface area (Å²) >= 11 is 0. The normalized spacial score (nSPS) is 11.5. The van der Waals surface area contributed by atoms with Crippen molar-refractivity contribution in [3.05, 3.63) is 437 Å². The first-order chi connectivity index (χ1) is 54.6. The van der Waals surface area contributed by atoms with E-state index in [1.54, 1.807) is 0 Å². The molecule has 0 spiro atoms. The molecule has 0 N–H and O–H groups in total. The largest absolute Gasteiger partial charge is 0.309 e. The molecule has 514 valence electrons. The molecular weight excluding hydrogens is 1330 g/mol. The average Bonchev–Trinajstić information content (AvgIpc) is 0.758. The van der Waals surface area contributed by atoms with Gasteiger partial charge in [-0.05, 0) is 215 Å². The third-order valence-electron chi connectivity index (χ3n) is 22.3. The fourth-order valence-corrected chi connectivity index (χ4v) is 16.9. The van der Waals surface area contributed by atoms with Crippen molar-refractivity contribution in [2.24, 2.45) is 0 Å². The van der Waals surface area contributed by atoms with E-state index in [2.05, 4.69) is 447 Å². The van der Waals surface area contributed by atoms with Crippen LogP contribution < -0.4 is 9.80 Å². The van der Waals surface area contributed by atoms with Gasteiger partial charge in [-0.2, -0.15) is 0 Å². The zero-order valence-corrected chi connectivity index (χ0v) is 60.5. The number of anilines is 6. The molecule has 0 heterocycles. The second kappa shape index (κ2) is 28.1. The molecule has 0 unspecified atom stereocenters. The van der Waals surface area contributed by atoms with E-state index in [-0.39, 0.29) is 0 Å². The van der Waals surface area contributed by atoms with Gasteiger partial charge in [0.2, 0.25) is 0 Å². The van der Waals surface area contributed by atoms with Crippen LogP contribution in [0.5, 0.6) is 0 Å². The van der Waals surface area contributed by atoms with Crippen LogP contribution in [0.4, 0.5) is 34.1 Å². The number of hydrogen-bond donors (Lipinski definition) is 0. The van der Waals surface area contributed by atoms with Crippen LogP contribution in [0.2, 0.25) is 0 Å². The highest BCUT2D eigenvalue weighted by Crippen LogP contribution is 2.51. The molecule has 2 nitrogen and oxygen atoms in total. The third kappa shape index (κ3) is 11.9.